The van der Waals surface area contributed by atoms with Gasteiger partial charge in [-0.15, -0.1) is 0 Å². The van der Waals surface area contributed by atoms with Crippen LogP contribution in [0.5, 0.6) is 5.75 Å². The molecule has 0 saturated carbocycles. The second kappa shape index (κ2) is 8.25. The number of ether oxygens (including phenoxy) is 1. The SMILES string of the molecule is CCOc1ccc(C(=O)c2oc3ccccc3c2NC(=O)c2ccc(C)cc2)cc1. The molecule has 5 nitrogen and oxygen atoms in total. The number of anilines is 1. The normalized spacial score (nSPS) is 10.7. The van der Waals surface area contributed by atoms with Gasteiger partial charge in [0.15, 0.2) is 5.76 Å². The van der Waals surface area contributed by atoms with Crippen LogP contribution in [0.25, 0.3) is 11.0 Å². The summed E-state index contributed by atoms with van der Waals surface area (Å²) in [5.41, 5.74) is 2.92. The summed E-state index contributed by atoms with van der Waals surface area (Å²) in [7, 11) is 0. The Balaban J connectivity index is 1.72. The van der Waals surface area contributed by atoms with Crippen molar-refractivity contribution in [1.82, 2.24) is 0 Å². The summed E-state index contributed by atoms with van der Waals surface area (Å²) in [6, 6.07) is 21.3. The maximum atomic E-state index is 13.2. The fourth-order valence-electron chi connectivity index (χ4n) is 3.22. The first-order valence-electron chi connectivity index (χ1n) is 9.74. The number of carbonyl (C=O) groups excluding carboxylic acids is 2. The highest BCUT2D eigenvalue weighted by atomic mass is 16.5. The lowest BCUT2D eigenvalue weighted by molar-refractivity contribution is 0.101. The van der Waals surface area contributed by atoms with E-state index in [4.69, 9.17) is 9.15 Å². The lowest BCUT2D eigenvalue weighted by Gasteiger charge is -2.07. The van der Waals surface area contributed by atoms with E-state index in [9.17, 15) is 9.59 Å². The smallest absolute Gasteiger partial charge is 0.255 e. The highest BCUT2D eigenvalue weighted by Gasteiger charge is 2.23. The van der Waals surface area contributed by atoms with Crippen LogP contribution in [0.2, 0.25) is 0 Å². The van der Waals surface area contributed by atoms with E-state index >= 15 is 0 Å². The number of aryl methyl sites for hydroxylation is 1. The third kappa shape index (κ3) is 3.82. The van der Waals surface area contributed by atoms with Gasteiger partial charge in [0.05, 0.1) is 12.3 Å². The van der Waals surface area contributed by atoms with E-state index in [1.165, 1.54) is 0 Å². The van der Waals surface area contributed by atoms with E-state index in [-0.39, 0.29) is 17.5 Å². The van der Waals surface area contributed by atoms with E-state index in [0.717, 1.165) is 5.56 Å². The molecule has 0 radical (unpaired) electrons. The second-order valence-electron chi connectivity index (χ2n) is 6.91. The topological polar surface area (TPSA) is 68.5 Å². The Morgan fingerprint density at radius 1 is 0.900 bits per heavy atom. The van der Waals surface area contributed by atoms with Crippen LogP contribution in [0, 0.1) is 6.92 Å². The number of hydrogen-bond donors (Lipinski definition) is 1. The second-order valence-corrected chi connectivity index (χ2v) is 6.91. The van der Waals surface area contributed by atoms with Crippen molar-refractivity contribution in [2.45, 2.75) is 13.8 Å². The minimum atomic E-state index is -0.312. The Labute approximate surface area is 174 Å². The van der Waals surface area contributed by atoms with Gasteiger partial charge in [0.1, 0.15) is 11.3 Å². The van der Waals surface area contributed by atoms with E-state index < -0.39 is 0 Å². The molecule has 3 aromatic carbocycles. The van der Waals surface area contributed by atoms with Crippen LogP contribution in [0.4, 0.5) is 5.69 Å². The predicted molar refractivity (Wildman–Crippen MR) is 116 cm³/mol. The average molecular weight is 399 g/mol. The molecule has 0 unspecified atom stereocenters. The van der Waals surface area contributed by atoms with Crippen molar-refractivity contribution in [2.75, 3.05) is 11.9 Å². The number of nitrogens with one attached hydrogen (secondary N) is 1. The summed E-state index contributed by atoms with van der Waals surface area (Å²) in [5, 5.41) is 3.55. The molecule has 0 bridgehead atoms. The number of amides is 1. The Hall–Kier alpha value is -3.86. The van der Waals surface area contributed by atoms with Crippen molar-refractivity contribution in [3.8, 4) is 5.75 Å². The van der Waals surface area contributed by atoms with Gasteiger partial charge in [-0.3, -0.25) is 9.59 Å². The van der Waals surface area contributed by atoms with Crippen molar-refractivity contribution >= 4 is 28.3 Å². The third-order valence-electron chi connectivity index (χ3n) is 4.78. The first kappa shape index (κ1) is 19.5. The van der Waals surface area contributed by atoms with Crippen LogP contribution in [0.1, 0.15) is 39.0 Å². The molecule has 0 aliphatic heterocycles. The zero-order chi connectivity index (χ0) is 21.1. The molecule has 5 heteroatoms. The maximum Gasteiger partial charge on any atom is 0.255 e. The van der Waals surface area contributed by atoms with E-state index in [0.29, 0.717) is 40.1 Å². The fraction of sp³-hybridized carbons (Fsp3) is 0.120. The van der Waals surface area contributed by atoms with Crippen LogP contribution in [-0.2, 0) is 0 Å². The van der Waals surface area contributed by atoms with Gasteiger partial charge in [-0.05, 0) is 62.4 Å². The summed E-state index contributed by atoms with van der Waals surface area (Å²) < 4.78 is 11.3. The summed E-state index contributed by atoms with van der Waals surface area (Å²) in [5.74, 6) is 0.170. The van der Waals surface area contributed by atoms with Crippen molar-refractivity contribution < 1.29 is 18.7 Å². The highest BCUT2D eigenvalue weighted by molar-refractivity contribution is 6.18. The summed E-state index contributed by atoms with van der Waals surface area (Å²) in [4.78, 5) is 26.0. The first-order valence-corrected chi connectivity index (χ1v) is 9.74. The maximum absolute atomic E-state index is 13.2. The molecule has 1 N–H and O–H groups in total. The number of fused-ring (bicyclic) bond motifs is 1. The Morgan fingerprint density at radius 2 is 1.57 bits per heavy atom. The molecule has 0 spiro atoms. The largest absolute Gasteiger partial charge is 0.494 e. The molecule has 1 amide bonds. The molecule has 0 fully saturated rings. The minimum absolute atomic E-state index is 0.0980. The van der Waals surface area contributed by atoms with Crippen molar-refractivity contribution in [2.24, 2.45) is 0 Å². The summed E-state index contributed by atoms with van der Waals surface area (Å²) in [6.45, 7) is 4.40. The highest BCUT2D eigenvalue weighted by Crippen LogP contribution is 2.33. The number of ketones is 1. The zero-order valence-electron chi connectivity index (χ0n) is 16.8. The van der Waals surface area contributed by atoms with Crippen LogP contribution >= 0.6 is 0 Å². The monoisotopic (exact) mass is 399 g/mol. The molecule has 0 saturated heterocycles. The number of benzene rings is 3. The molecule has 150 valence electrons. The molecule has 4 aromatic rings. The van der Waals surface area contributed by atoms with Gasteiger partial charge in [0.25, 0.3) is 5.91 Å². The quantitative estimate of drug-likeness (QED) is 0.427. The summed E-state index contributed by atoms with van der Waals surface area (Å²) >= 11 is 0. The van der Waals surface area contributed by atoms with Crippen LogP contribution in [0.15, 0.2) is 77.2 Å². The molecule has 1 heterocycles. The molecule has 1 aromatic heterocycles. The number of para-hydroxylation sites is 1. The van der Waals surface area contributed by atoms with Gasteiger partial charge in [-0.2, -0.15) is 0 Å². The van der Waals surface area contributed by atoms with E-state index in [2.05, 4.69) is 5.32 Å². The molecular weight excluding hydrogens is 378 g/mol. The number of hydrogen-bond acceptors (Lipinski definition) is 4. The van der Waals surface area contributed by atoms with Crippen molar-refractivity contribution in [3.63, 3.8) is 0 Å². The molecule has 0 aliphatic rings. The van der Waals surface area contributed by atoms with Crippen LogP contribution < -0.4 is 10.1 Å². The van der Waals surface area contributed by atoms with Crippen molar-refractivity contribution in [1.29, 1.82) is 0 Å². The van der Waals surface area contributed by atoms with Gasteiger partial charge >= 0.3 is 0 Å². The number of furan rings is 1. The zero-order valence-corrected chi connectivity index (χ0v) is 16.8. The number of rotatable bonds is 6. The van der Waals surface area contributed by atoms with Gasteiger partial charge < -0.3 is 14.5 Å². The average Bonchev–Trinajstić information content (AvgIpc) is 3.13. The van der Waals surface area contributed by atoms with Crippen LogP contribution in [0.3, 0.4) is 0 Å². The Bertz CT molecular complexity index is 1200. The molecule has 0 aliphatic carbocycles. The minimum Gasteiger partial charge on any atom is -0.494 e. The van der Waals surface area contributed by atoms with Gasteiger partial charge in [0, 0.05) is 16.5 Å². The van der Waals surface area contributed by atoms with Gasteiger partial charge in [0.2, 0.25) is 5.78 Å². The lowest BCUT2D eigenvalue weighted by atomic mass is 10.1. The van der Waals surface area contributed by atoms with Gasteiger partial charge in [-0.25, -0.2) is 0 Å². The fourth-order valence-corrected chi connectivity index (χ4v) is 3.22. The molecule has 30 heavy (non-hydrogen) atoms. The molecule has 4 rings (SSSR count). The Kier molecular flexibility index (Phi) is 5.35. The summed E-state index contributed by atoms with van der Waals surface area (Å²) in [6.07, 6.45) is 0. The van der Waals surface area contributed by atoms with E-state index in [1.54, 1.807) is 42.5 Å². The Morgan fingerprint density at radius 3 is 2.27 bits per heavy atom. The van der Waals surface area contributed by atoms with Gasteiger partial charge in [-0.1, -0.05) is 29.8 Å². The molecule has 0 atom stereocenters. The predicted octanol–water partition coefficient (Wildman–Crippen LogP) is 5.62. The molecular formula is C25H21NO4. The third-order valence-corrected chi connectivity index (χ3v) is 4.78. The standard InChI is InChI=1S/C25H21NO4/c1-3-29-19-14-12-17(13-15-19)23(27)24-22(20-6-4-5-7-21(20)30-24)26-25(28)18-10-8-16(2)9-11-18/h4-15H,3H2,1-2H3,(H,26,28). The lowest BCUT2D eigenvalue weighted by Crippen LogP contribution is -2.14. The number of carbonyl (C=O) groups is 2. The first-order chi connectivity index (χ1) is 14.6. The van der Waals surface area contributed by atoms with Crippen LogP contribution in [-0.4, -0.2) is 18.3 Å². The van der Waals surface area contributed by atoms with E-state index in [1.807, 2.05) is 44.2 Å². The van der Waals surface area contributed by atoms with Crippen molar-refractivity contribution in [3.05, 3.63) is 95.2 Å².